The lowest BCUT2D eigenvalue weighted by Gasteiger charge is -2.26. The summed E-state index contributed by atoms with van der Waals surface area (Å²) >= 11 is 0. The first kappa shape index (κ1) is 14.9. The van der Waals surface area contributed by atoms with Crippen molar-refractivity contribution in [1.29, 1.82) is 0 Å². The number of aliphatic hydroxyl groups excluding tert-OH is 1. The predicted molar refractivity (Wildman–Crippen MR) is 75.9 cm³/mol. The van der Waals surface area contributed by atoms with Crippen molar-refractivity contribution in [3.05, 3.63) is 23.9 Å². The van der Waals surface area contributed by atoms with Crippen molar-refractivity contribution in [1.82, 2.24) is 10.3 Å². The molecular weight excluding hydrogens is 226 g/mol. The maximum absolute atomic E-state index is 9.11. The van der Waals surface area contributed by atoms with Crippen molar-refractivity contribution in [2.75, 3.05) is 31.1 Å². The van der Waals surface area contributed by atoms with Crippen LogP contribution in [0.4, 0.5) is 5.82 Å². The first-order valence-electron chi connectivity index (χ1n) is 6.78. The van der Waals surface area contributed by atoms with E-state index in [9.17, 15) is 0 Å². The molecule has 0 spiro atoms. The molecule has 4 heteroatoms. The average molecular weight is 251 g/mol. The molecule has 1 aromatic rings. The van der Waals surface area contributed by atoms with Crippen LogP contribution < -0.4 is 10.2 Å². The van der Waals surface area contributed by atoms with Crippen LogP contribution in [0.1, 0.15) is 38.8 Å². The van der Waals surface area contributed by atoms with Gasteiger partial charge in [0.05, 0.1) is 6.61 Å². The molecule has 0 saturated heterocycles. The number of hydrogen-bond donors (Lipinski definition) is 2. The van der Waals surface area contributed by atoms with Gasteiger partial charge in [-0.2, -0.15) is 0 Å². The summed E-state index contributed by atoms with van der Waals surface area (Å²) in [5.41, 5.74) is 1.20. The van der Waals surface area contributed by atoms with Crippen molar-refractivity contribution >= 4 is 5.82 Å². The van der Waals surface area contributed by atoms with Gasteiger partial charge in [0.15, 0.2) is 0 Å². The van der Waals surface area contributed by atoms with E-state index >= 15 is 0 Å². The van der Waals surface area contributed by atoms with E-state index in [-0.39, 0.29) is 12.6 Å². The lowest BCUT2D eigenvalue weighted by atomic mass is 10.1. The molecule has 0 aliphatic rings. The molecule has 2 N–H and O–H groups in total. The van der Waals surface area contributed by atoms with Crippen LogP contribution >= 0.6 is 0 Å². The zero-order valence-electron chi connectivity index (χ0n) is 11.7. The Bertz CT molecular complexity index is 344. The lowest BCUT2D eigenvalue weighted by molar-refractivity contribution is 0.302. The van der Waals surface area contributed by atoms with Crippen molar-refractivity contribution < 1.29 is 5.11 Å². The standard InChI is InChI=1S/C14H25N3O/c1-4-8-15-12(3)13-7-6-9-16-14(13)17(5-2)10-11-18/h6-7,9,12,15,18H,4-5,8,10-11H2,1-3H3. The van der Waals surface area contributed by atoms with Crippen LogP contribution in [0.3, 0.4) is 0 Å². The Labute approximate surface area is 110 Å². The predicted octanol–water partition coefficient (Wildman–Crippen LogP) is 1.96. The van der Waals surface area contributed by atoms with Crippen LogP contribution in [0, 0.1) is 0 Å². The minimum absolute atomic E-state index is 0.153. The Kier molecular flexibility index (Phi) is 6.68. The minimum Gasteiger partial charge on any atom is -0.395 e. The Hall–Kier alpha value is -1.13. The van der Waals surface area contributed by atoms with Crippen molar-refractivity contribution in [3.63, 3.8) is 0 Å². The number of aliphatic hydroxyl groups is 1. The molecule has 4 nitrogen and oxygen atoms in total. The largest absolute Gasteiger partial charge is 0.395 e. The van der Waals surface area contributed by atoms with Gasteiger partial charge in [0, 0.05) is 30.9 Å². The zero-order valence-corrected chi connectivity index (χ0v) is 11.7. The highest BCUT2D eigenvalue weighted by Crippen LogP contribution is 2.23. The third-order valence-electron chi connectivity index (χ3n) is 3.04. The SMILES string of the molecule is CCCNC(C)c1cccnc1N(CC)CCO. The fraction of sp³-hybridized carbons (Fsp3) is 0.643. The molecule has 102 valence electrons. The van der Waals surface area contributed by atoms with Crippen LogP contribution in [0.2, 0.25) is 0 Å². The van der Waals surface area contributed by atoms with Gasteiger partial charge in [0.25, 0.3) is 0 Å². The molecule has 1 aromatic heterocycles. The number of aromatic nitrogens is 1. The molecule has 0 radical (unpaired) electrons. The highest BCUT2D eigenvalue weighted by Gasteiger charge is 2.14. The number of likely N-dealkylation sites (N-methyl/N-ethyl adjacent to an activating group) is 1. The molecule has 0 bridgehead atoms. The number of pyridine rings is 1. The third-order valence-corrected chi connectivity index (χ3v) is 3.04. The van der Waals surface area contributed by atoms with E-state index in [0.717, 1.165) is 25.3 Å². The Morgan fingerprint density at radius 1 is 1.44 bits per heavy atom. The van der Waals surface area contributed by atoms with Crippen LogP contribution in [-0.2, 0) is 0 Å². The molecule has 0 aromatic carbocycles. The maximum atomic E-state index is 9.11. The van der Waals surface area contributed by atoms with Gasteiger partial charge < -0.3 is 15.3 Å². The van der Waals surface area contributed by atoms with E-state index in [4.69, 9.17) is 5.11 Å². The highest BCUT2D eigenvalue weighted by molar-refractivity contribution is 5.48. The van der Waals surface area contributed by atoms with E-state index < -0.39 is 0 Å². The summed E-state index contributed by atoms with van der Waals surface area (Å²) in [6.45, 7) is 9.03. The van der Waals surface area contributed by atoms with Gasteiger partial charge in [-0.1, -0.05) is 13.0 Å². The van der Waals surface area contributed by atoms with Crippen LogP contribution in [-0.4, -0.2) is 36.3 Å². The van der Waals surface area contributed by atoms with Gasteiger partial charge in [-0.05, 0) is 32.9 Å². The first-order chi connectivity index (χ1) is 8.74. The second kappa shape index (κ2) is 8.06. The smallest absolute Gasteiger partial charge is 0.133 e. The van der Waals surface area contributed by atoms with E-state index in [1.807, 2.05) is 12.3 Å². The summed E-state index contributed by atoms with van der Waals surface area (Å²) in [6, 6.07) is 4.35. The van der Waals surface area contributed by atoms with E-state index in [0.29, 0.717) is 6.54 Å². The highest BCUT2D eigenvalue weighted by atomic mass is 16.3. The number of rotatable bonds is 8. The van der Waals surface area contributed by atoms with Crippen molar-refractivity contribution in [2.45, 2.75) is 33.2 Å². The molecule has 1 rings (SSSR count). The molecule has 1 unspecified atom stereocenters. The monoisotopic (exact) mass is 251 g/mol. The van der Waals surface area contributed by atoms with Gasteiger partial charge in [-0.3, -0.25) is 0 Å². The fourth-order valence-electron chi connectivity index (χ4n) is 2.02. The summed E-state index contributed by atoms with van der Waals surface area (Å²) in [5, 5.41) is 12.6. The van der Waals surface area contributed by atoms with Gasteiger partial charge >= 0.3 is 0 Å². The normalized spacial score (nSPS) is 12.4. The topological polar surface area (TPSA) is 48.4 Å². The maximum Gasteiger partial charge on any atom is 0.133 e. The van der Waals surface area contributed by atoms with Gasteiger partial charge in [0.1, 0.15) is 5.82 Å². The van der Waals surface area contributed by atoms with Gasteiger partial charge in [-0.15, -0.1) is 0 Å². The third kappa shape index (κ3) is 3.96. The molecule has 18 heavy (non-hydrogen) atoms. The summed E-state index contributed by atoms with van der Waals surface area (Å²) in [4.78, 5) is 6.58. The minimum atomic E-state index is 0.153. The quantitative estimate of drug-likeness (QED) is 0.741. The Morgan fingerprint density at radius 3 is 2.83 bits per heavy atom. The Morgan fingerprint density at radius 2 is 2.22 bits per heavy atom. The molecule has 1 heterocycles. The molecule has 1 atom stereocenters. The van der Waals surface area contributed by atoms with Crippen LogP contribution in [0.25, 0.3) is 0 Å². The molecule has 0 saturated carbocycles. The van der Waals surface area contributed by atoms with Crippen LogP contribution in [0.15, 0.2) is 18.3 Å². The second-order valence-electron chi connectivity index (χ2n) is 4.40. The van der Waals surface area contributed by atoms with E-state index in [1.165, 1.54) is 5.56 Å². The second-order valence-corrected chi connectivity index (χ2v) is 4.40. The van der Waals surface area contributed by atoms with Crippen LogP contribution in [0.5, 0.6) is 0 Å². The van der Waals surface area contributed by atoms with E-state index in [1.54, 1.807) is 0 Å². The lowest BCUT2D eigenvalue weighted by Crippen LogP contribution is -2.30. The first-order valence-corrected chi connectivity index (χ1v) is 6.78. The summed E-state index contributed by atoms with van der Waals surface area (Å²) in [5.74, 6) is 0.977. The number of hydrogen-bond acceptors (Lipinski definition) is 4. The fourth-order valence-corrected chi connectivity index (χ4v) is 2.02. The van der Waals surface area contributed by atoms with Crippen molar-refractivity contribution in [2.24, 2.45) is 0 Å². The van der Waals surface area contributed by atoms with Gasteiger partial charge in [0.2, 0.25) is 0 Å². The molecule has 0 fully saturated rings. The number of nitrogens with zero attached hydrogens (tertiary/aromatic N) is 2. The molecule has 0 aliphatic heterocycles. The number of nitrogens with one attached hydrogen (secondary N) is 1. The molecule has 0 aliphatic carbocycles. The average Bonchev–Trinajstić information content (AvgIpc) is 2.42. The zero-order chi connectivity index (χ0) is 13.4. The van der Waals surface area contributed by atoms with Gasteiger partial charge in [-0.25, -0.2) is 4.98 Å². The summed E-state index contributed by atoms with van der Waals surface area (Å²) < 4.78 is 0. The Balaban J connectivity index is 2.89. The number of anilines is 1. The molecule has 0 amide bonds. The van der Waals surface area contributed by atoms with E-state index in [2.05, 4.69) is 42.0 Å². The summed E-state index contributed by atoms with van der Waals surface area (Å²) in [6.07, 6.45) is 2.93. The van der Waals surface area contributed by atoms with Crippen molar-refractivity contribution in [3.8, 4) is 0 Å². The molecular formula is C14H25N3O. The summed E-state index contributed by atoms with van der Waals surface area (Å²) in [7, 11) is 0.